The molecule has 0 aliphatic carbocycles. The Bertz CT molecular complexity index is 1960. The maximum absolute atomic E-state index is 12.3. The SMILES string of the molecule is CC/C=C/CCCCCCCC(=O)CCCN1CC[N+](C)=C1CCCCCCCCC(CC)S(=O)(=O)[O-].C[N+]1=C(CCCCCCCCCS(=O)(=O)[O-])N(CCCC(=O)CCCCCCCCCS(=O)(=O)[O-])CC1.[Na+].[Na+].[Na+]. The zero-order chi connectivity index (χ0) is 54.9. The largest absolute Gasteiger partial charge is 1.00 e. The molecule has 0 saturated heterocycles. The zero-order valence-electron chi connectivity index (χ0n) is 50.1. The van der Waals surface area contributed by atoms with E-state index in [1.807, 2.05) is 0 Å². The van der Waals surface area contributed by atoms with Crippen molar-refractivity contribution >= 4 is 53.6 Å². The Morgan fingerprint density at radius 3 is 1.18 bits per heavy atom. The van der Waals surface area contributed by atoms with Crippen molar-refractivity contribution in [2.45, 2.75) is 257 Å². The molecule has 2 aliphatic heterocycles. The van der Waals surface area contributed by atoms with E-state index in [1.165, 1.54) is 50.2 Å². The van der Waals surface area contributed by atoms with E-state index in [1.54, 1.807) is 6.92 Å². The molecule has 0 radical (unpaired) electrons. The van der Waals surface area contributed by atoms with E-state index in [9.17, 15) is 48.5 Å². The van der Waals surface area contributed by atoms with E-state index >= 15 is 0 Å². The van der Waals surface area contributed by atoms with E-state index in [0.717, 1.165) is 193 Å². The molecule has 2 heterocycles. The number of hydrogen-bond donors (Lipinski definition) is 0. The van der Waals surface area contributed by atoms with Gasteiger partial charge < -0.3 is 13.7 Å². The van der Waals surface area contributed by atoms with Crippen LogP contribution in [0.4, 0.5) is 0 Å². The van der Waals surface area contributed by atoms with Gasteiger partial charge in [0.25, 0.3) is 0 Å². The summed E-state index contributed by atoms with van der Waals surface area (Å²) in [5, 5.41) is -0.712. The minimum absolute atomic E-state index is 0. The minimum atomic E-state index is -4.14. The maximum atomic E-state index is 12.3. The van der Waals surface area contributed by atoms with Crippen LogP contribution in [-0.2, 0) is 39.9 Å². The first-order valence-corrected chi connectivity index (χ1v) is 34.0. The van der Waals surface area contributed by atoms with Crippen molar-refractivity contribution in [3.8, 4) is 0 Å². The van der Waals surface area contributed by atoms with Gasteiger partial charge >= 0.3 is 88.7 Å². The molecule has 77 heavy (non-hydrogen) atoms. The van der Waals surface area contributed by atoms with Crippen LogP contribution < -0.4 is 88.7 Å². The molecular weight excluding hydrogens is 1070 g/mol. The van der Waals surface area contributed by atoms with Gasteiger partial charge in [-0.25, -0.2) is 25.3 Å². The third-order valence-corrected chi connectivity index (χ3v) is 17.7. The summed E-state index contributed by atoms with van der Waals surface area (Å²) in [7, 11) is -7.98. The number of carbonyl (C=O) groups excluding carboxylic acids is 2. The van der Waals surface area contributed by atoms with Crippen molar-refractivity contribution in [2.24, 2.45) is 0 Å². The van der Waals surface area contributed by atoms with Crippen molar-refractivity contribution < 1.29 is 146 Å². The van der Waals surface area contributed by atoms with Gasteiger partial charge in [-0.05, 0) is 83.5 Å². The van der Waals surface area contributed by atoms with Crippen molar-refractivity contribution in [3.05, 3.63) is 12.2 Å². The van der Waals surface area contributed by atoms with Gasteiger partial charge in [0.1, 0.15) is 37.7 Å². The zero-order valence-corrected chi connectivity index (χ0v) is 58.5. The fraction of sp³-hybridized carbons (Fsp3) is 0.893. The number of amidine groups is 2. The van der Waals surface area contributed by atoms with Gasteiger partial charge in [0.2, 0.25) is 11.7 Å². The smallest absolute Gasteiger partial charge is 0.748 e. The van der Waals surface area contributed by atoms with Crippen LogP contribution in [0.15, 0.2) is 12.2 Å². The molecule has 434 valence electrons. The summed E-state index contributed by atoms with van der Waals surface area (Å²) < 4.78 is 102. The number of allylic oxidation sites excluding steroid dienone is 2. The van der Waals surface area contributed by atoms with Crippen LogP contribution >= 0.6 is 0 Å². The van der Waals surface area contributed by atoms with Crippen LogP contribution in [0.3, 0.4) is 0 Å². The van der Waals surface area contributed by atoms with Crippen LogP contribution in [-0.4, -0.2) is 151 Å². The number of hydrogen-bond acceptors (Lipinski definition) is 13. The van der Waals surface area contributed by atoms with Crippen LogP contribution in [0.1, 0.15) is 251 Å². The average Bonchev–Trinajstić information content (AvgIpc) is 3.87. The first-order valence-electron chi connectivity index (χ1n) is 29.4. The molecule has 15 nitrogen and oxygen atoms in total. The fourth-order valence-corrected chi connectivity index (χ4v) is 12.1. The third-order valence-electron chi connectivity index (χ3n) is 14.7. The second kappa shape index (κ2) is 51.2. The van der Waals surface area contributed by atoms with Crippen LogP contribution in [0, 0.1) is 0 Å². The molecule has 0 aromatic rings. The molecule has 1 unspecified atom stereocenters. The van der Waals surface area contributed by atoms with Gasteiger partial charge in [-0.1, -0.05) is 142 Å². The second-order valence-corrected chi connectivity index (χ2v) is 26.0. The summed E-state index contributed by atoms with van der Waals surface area (Å²) >= 11 is 0. The van der Waals surface area contributed by atoms with Gasteiger partial charge in [0.15, 0.2) is 0 Å². The van der Waals surface area contributed by atoms with Crippen LogP contribution in [0.5, 0.6) is 0 Å². The molecule has 0 bridgehead atoms. The molecule has 2 rings (SSSR count). The van der Waals surface area contributed by atoms with E-state index in [4.69, 9.17) is 0 Å². The van der Waals surface area contributed by atoms with E-state index in [-0.39, 0.29) is 100 Å². The van der Waals surface area contributed by atoms with Crippen molar-refractivity contribution in [1.82, 2.24) is 9.80 Å². The first-order chi connectivity index (χ1) is 35.3. The van der Waals surface area contributed by atoms with Crippen molar-refractivity contribution in [2.75, 3.05) is 64.9 Å². The summed E-state index contributed by atoms with van der Waals surface area (Å²) in [5.74, 6) is 3.05. The Hall–Kier alpha value is 0.750. The second-order valence-electron chi connectivity index (χ2n) is 21.3. The van der Waals surface area contributed by atoms with Gasteiger partial charge in [-0.15, -0.1) is 0 Å². The molecule has 0 fully saturated rings. The number of ketones is 2. The summed E-state index contributed by atoms with van der Waals surface area (Å²) in [6.45, 7) is 10.0. The molecule has 0 aromatic heterocycles. The van der Waals surface area contributed by atoms with Gasteiger partial charge in [-0.2, -0.15) is 0 Å². The molecule has 0 aromatic carbocycles. The molecule has 0 amide bonds. The molecule has 1 atom stereocenters. The maximum Gasteiger partial charge on any atom is 1.00 e. The summed E-state index contributed by atoms with van der Waals surface area (Å²) in [6.07, 6.45) is 39.7. The number of carbonyl (C=O) groups is 2. The third kappa shape index (κ3) is 47.8. The molecule has 0 saturated carbocycles. The molecule has 0 N–H and O–H groups in total. The van der Waals surface area contributed by atoms with Gasteiger partial charge in [0, 0.05) is 55.3 Å². The monoisotopic (exact) mass is 1170 g/mol. The number of rotatable bonds is 48. The van der Waals surface area contributed by atoms with E-state index in [0.29, 0.717) is 56.5 Å². The van der Waals surface area contributed by atoms with Crippen LogP contribution in [0.25, 0.3) is 0 Å². The van der Waals surface area contributed by atoms with Crippen molar-refractivity contribution in [3.63, 3.8) is 0 Å². The number of likely N-dealkylation sites (N-methyl/N-ethyl adjacent to an activating group) is 2. The van der Waals surface area contributed by atoms with Crippen molar-refractivity contribution in [1.29, 1.82) is 0 Å². The number of Topliss-reactive ketones (excluding diaryl/α,β-unsaturated/α-hetero) is 2. The fourth-order valence-electron chi connectivity index (χ4n) is 10.1. The Labute approximate surface area is 537 Å². The Morgan fingerprint density at radius 2 is 0.818 bits per heavy atom. The number of unbranched alkanes of at least 4 members (excludes halogenated alkanes) is 22. The van der Waals surface area contributed by atoms with E-state index in [2.05, 4.69) is 52.1 Å². The van der Waals surface area contributed by atoms with Gasteiger partial charge in [0.05, 0.1) is 57.5 Å². The summed E-state index contributed by atoms with van der Waals surface area (Å²) in [6, 6.07) is 0. The normalized spacial score (nSPS) is 14.4. The predicted molar refractivity (Wildman–Crippen MR) is 299 cm³/mol. The summed E-state index contributed by atoms with van der Waals surface area (Å²) in [5.41, 5.74) is 0. The predicted octanol–water partition coefficient (Wildman–Crippen LogP) is 1.87. The Kier molecular flexibility index (Phi) is 54.5. The Morgan fingerprint density at radius 1 is 0.481 bits per heavy atom. The van der Waals surface area contributed by atoms with Gasteiger partial charge in [-0.3, -0.25) is 28.5 Å². The topological polar surface area (TPSA) is 218 Å². The standard InChI is InChI=1S/C30H56N2O4S.C26H50N2O7S2.3Na/c1-4-6-7-8-9-10-11-14-17-21-28(33)22-20-25-32-27-26-31(3)30(32)24-19-16-13-12-15-18-23-29(5-2)37(34,35)36;1-27-21-22-28(26(27)19-13-9-5-3-7-11-15-24-37(33,34)35)20-16-18-25(29)17-12-8-4-2-6-10-14-23-36(30,31)32;;;/h6-7,29H,4-5,8-27H2,1-3H3;2-24H2,1H3,(H-,30,31,32,33,34,35);;;/q;;3*+1/p-1/b7-6+;;;;. The Balaban J connectivity index is -0.00000137. The average molecular weight is 1180 g/mol. The molecular formula is C56H105N4Na3O11S3+2. The number of nitrogens with zero attached hydrogens (tertiary/aromatic N) is 4. The van der Waals surface area contributed by atoms with E-state index < -0.39 is 35.6 Å². The molecule has 21 heteroatoms. The van der Waals surface area contributed by atoms with Crippen LogP contribution in [0.2, 0.25) is 0 Å². The molecule has 2 aliphatic rings. The minimum Gasteiger partial charge on any atom is -0.748 e. The quantitative estimate of drug-likeness (QED) is 0.0280. The first kappa shape index (κ1) is 82.0. The molecule has 0 spiro atoms. The summed E-state index contributed by atoms with van der Waals surface area (Å²) in [4.78, 5) is 29.5.